The van der Waals surface area contributed by atoms with Crippen LogP contribution >= 0.6 is 11.6 Å². The second kappa shape index (κ2) is 11.2. The van der Waals surface area contributed by atoms with E-state index in [0.717, 1.165) is 29.0 Å². The summed E-state index contributed by atoms with van der Waals surface area (Å²) in [5.41, 5.74) is 0.983. The molecule has 0 saturated carbocycles. The highest BCUT2D eigenvalue weighted by Crippen LogP contribution is 2.32. The number of piperidine rings is 1. The van der Waals surface area contributed by atoms with Gasteiger partial charge < -0.3 is 25.2 Å². The zero-order valence-electron chi connectivity index (χ0n) is 21.3. The molecule has 202 valence electrons. The Morgan fingerprint density at radius 1 is 1.08 bits per heavy atom. The molecule has 2 N–H and O–H groups in total. The van der Waals surface area contributed by atoms with E-state index in [1.807, 2.05) is 31.1 Å². The van der Waals surface area contributed by atoms with Gasteiger partial charge in [-0.1, -0.05) is 17.7 Å². The van der Waals surface area contributed by atoms with Gasteiger partial charge in [0.2, 0.25) is 0 Å². The molecule has 1 aliphatic rings. The predicted molar refractivity (Wildman–Crippen MR) is 147 cm³/mol. The third-order valence-corrected chi connectivity index (χ3v) is 6.67. The number of nitrogens with zero attached hydrogens (tertiary/aromatic N) is 5. The fourth-order valence-electron chi connectivity index (χ4n) is 4.26. The molecular weight excluding hydrogens is 528 g/mol. The number of carbonyl (C=O) groups excluding carboxylic acids is 1. The average Bonchev–Trinajstić information content (AvgIpc) is 2.92. The van der Waals surface area contributed by atoms with Crippen LogP contribution in [0.4, 0.5) is 36.6 Å². The molecule has 12 heteroatoms. The van der Waals surface area contributed by atoms with Gasteiger partial charge in [0.05, 0.1) is 16.7 Å². The molecular formula is C27H26ClF2N7O2. The number of ether oxygens (including phenoxy) is 1. The normalized spacial score (nSPS) is 13.8. The summed E-state index contributed by atoms with van der Waals surface area (Å²) >= 11 is 6.54. The molecule has 0 radical (unpaired) electrons. The van der Waals surface area contributed by atoms with Crippen LogP contribution < -0.4 is 20.3 Å². The van der Waals surface area contributed by atoms with Crippen molar-refractivity contribution in [2.24, 2.45) is 0 Å². The Bertz CT molecular complexity index is 1490. The van der Waals surface area contributed by atoms with Crippen molar-refractivity contribution in [2.45, 2.75) is 18.9 Å². The lowest BCUT2D eigenvalue weighted by molar-refractivity contribution is 0.115. The van der Waals surface area contributed by atoms with Gasteiger partial charge in [-0.3, -0.25) is 0 Å². The van der Waals surface area contributed by atoms with Crippen LogP contribution in [-0.4, -0.2) is 59.2 Å². The number of urea groups is 1. The number of fused-ring (bicyclic) bond motifs is 1. The molecule has 39 heavy (non-hydrogen) atoms. The molecule has 4 aromatic rings. The van der Waals surface area contributed by atoms with Crippen LogP contribution in [0.2, 0.25) is 5.02 Å². The third-order valence-electron chi connectivity index (χ3n) is 6.38. The van der Waals surface area contributed by atoms with Crippen molar-refractivity contribution in [3.63, 3.8) is 0 Å². The molecule has 0 bridgehead atoms. The van der Waals surface area contributed by atoms with Crippen LogP contribution in [0.1, 0.15) is 12.8 Å². The van der Waals surface area contributed by atoms with Crippen LogP contribution in [0.5, 0.6) is 5.75 Å². The Labute approximate surface area is 228 Å². The first-order valence-corrected chi connectivity index (χ1v) is 12.7. The van der Waals surface area contributed by atoms with Crippen LogP contribution in [0.3, 0.4) is 0 Å². The lowest BCUT2D eigenvalue weighted by Gasteiger charge is -2.32. The summed E-state index contributed by atoms with van der Waals surface area (Å²) in [5, 5.41) is 6.85. The van der Waals surface area contributed by atoms with E-state index in [0.29, 0.717) is 48.0 Å². The minimum Gasteiger partial charge on any atom is -0.489 e. The van der Waals surface area contributed by atoms with Gasteiger partial charge in [-0.25, -0.2) is 28.5 Å². The first-order valence-electron chi connectivity index (χ1n) is 12.3. The number of anilines is 4. The molecule has 0 aliphatic carbocycles. The lowest BCUT2D eigenvalue weighted by Crippen LogP contribution is -2.44. The van der Waals surface area contributed by atoms with E-state index >= 15 is 0 Å². The lowest BCUT2D eigenvalue weighted by atomic mass is 10.1. The van der Waals surface area contributed by atoms with E-state index in [-0.39, 0.29) is 6.10 Å². The largest absolute Gasteiger partial charge is 0.489 e. The number of halogens is 3. The van der Waals surface area contributed by atoms with Gasteiger partial charge in [0, 0.05) is 51.1 Å². The maximum atomic E-state index is 13.9. The van der Waals surface area contributed by atoms with Crippen molar-refractivity contribution in [3.8, 4) is 5.75 Å². The Morgan fingerprint density at radius 3 is 2.51 bits per heavy atom. The Hall–Kier alpha value is -4.25. The SMILES string of the molecule is CN(C)c1cc2c(Nc3ccc(OC4CCN(C(=O)Nc5c(F)cccc5F)CC4)c(Cl)c3)ncnc2cn1. The van der Waals surface area contributed by atoms with E-state index in [4.69, 9.17) is 16.3 Å². The first kappa shape index (κ1) is 26.4. The van der Waals surface area contributed by atoms with Crippen LogP contribution in [0.25, 0.3) is 10.9 Å². The molecule has 2 aromatic heterocycles. The summed E-state index contributed by atoms with van der Waals surface area (Å²) in [6.45, 7) is 0.739. The minimum absolute atomic E-state index is 0.168. The number of rotatable bonds is 6. The van der Waals surface area contributed by atoms with Crippen molar-refractivity contribution < 1.29 is 18.3 Å². The van der Waals surface area contributed by atoms with E-state index in [1.54, 1.807) is 18.3 Å². The molecule has 3 heterocycles. The van der Waals surface area contributed by atoms with Gasteiger partial charge >= 0.3 is 6.03 Å². The highest BCUT2D eigenvalue weighted by atomic mass is 35.5. The Kier molecular flexibility index (Phi) is 7.60. The highest BCUT2D eigenvalue weighted by Gasteiger charge is 2.26. The quantitative estimate of drug-likeness (QED) is 0.309. The monoisotopic (exact) mass is 553 g/mol. The Balaban J connectivity index is 1.20. The van der Waals surface area contributed by atoms with Gasteiger partial charge in [0.15, 0.2) is 0 Å². The smallest absolute Gasteiger partial charge is 0.322 e. The van der Waals surface area contributed by atoms with Gasteiger partial charge in [0.25, 0.3) is 0 Å². The van der Waals surface area contributed by atoms with E-state index in [2.05, 4.69) is 25.6 Å². The average molecular weight is 554 g/mol. The zero-order valence-corrected chi connectivity index (χ0v) is 22.0. The molecule has 5 rings (SSSR count). The number of pyridine rings is 1. The van der Waals surface area contributed by atoms with E-state index in [1.165, 1.54) is 17.3 Å². The molecule has 0 atom stereocenters. The summed E-state index contributed by atoms with van der Waals surface area (Å²) in [4.78, 5) is 29.0. The van der Waals surface area contributed by atoms with Crippen molar-refractivity contribution >= 4 is 51.5 Å². The third kappa shape index (κ3) is 5.93. The number of nitrogens with one attached hydrogen (secondary N) is 2. The zero-order chi connectivity index (χ0) is 27.5. The van der Waals surface area contributed by atoms with E-state index in [9.17, 15) is 13.6 Å². The number of para-hydroxylation sites is 1. The standard InChI is InChI=1S/C27H26ClF2N7O2/c1-36(2)24-13-18-22(14-31-24)32-15-33-26(18)34-16-6-7-23(19(28)12-16)39-17-8-10-37(11-9-17)27(38)35-25-20(29)4-3-5-21(25)30/h3-7,12-15,17H,8-11H2,1-2H3,(H,35,38)(H,32,33,34). The minimum atomic E-state index is -0.822. The van der Waals surface area contributed by atoms with Crippen LogP contribution in [-0.2, 0) is 0 Å². The van der Waals surface area contributed by atoms with Crippen LogP contribution in [0, 0.1) is 11.6 Å². The second-order valence-electron chi connectivity index (χ2n) is 9.28. The van der Waals surface area contributed by atoms with Gasteiger partial charge in [-0.2, -0.15) is 0 Å². The summed E-state index contributed by atoms with van der Waals surface area (Å²) in [6.07, 6.45) is 4.09. The summed E-state index contributed by atoms with van der Waals surface area (Å²) in [6, 6.07) is 10.2. The number of carbonyl (C=O) groups is 1. The number of hydrogen-bond acceptors (Lipinski definition) is 7. The molecule has 1 saturated heterocycles. The second-order valence-corrected chi connectivity index (χ2v) is 9.68. The Morgan fingerprint density at radius 2 is 1.82 bits per heavy atom. The predicted octanol–water partition coefficient (Wildman–Crippen LogP) is 5.84. The number of likely N-dealkylation sites (tertiary alicyclic amines) is 1. The molecule has 0 spiro atoms. The highest BCUT2D eigenvalue weighted by molar-refractivity contribution is 6.32. The number of hydrogen-bond donors (Lipinski definition) is 2. The molecule has 1 aliphatic heterocycles. The maximum absolute atomic E-state index is 13.9. The molecule has 9 nitrogen and oxygen atoms in total. The van der Waals surface area contributed by atoms with Crippen molar-refractivity contribution in [1.29, 1.82) is 0 Å². The molecule has 0 unspecified atom stereocenters. The fourth-order valence-corrected chi connectivity index (χ4v) is 4.49. The van der Waals surface area contributed by atoms with E-state index < -0.39 is 23.4 Å². The number of aromatic nitrogens is 3. The summed E-state index contributed by atoms with van der Waals surface area (Å²) < 4.78 is 33.8. The molecule has 1 fully saturated rings. The fraction of sp³-hybridized carbons (Fsp3) is 0.259. The van der Waals surface area contributed by atoms with Gasteiger partial charge in [0.1, 0.15) is 47.1 Å². The van der Waals surface area contributed by atoms with Gasteiger partial charge in [-0.15, -0.1) is 0 Å². The van der Waals surface area contributed by atoms with Crippen molar-refractivity contribution in [1.82, 2.24) is 19.9 Å². The topological polar surface area (TPSA) is 95.5 Å². The number of benzene rings is 2. The van der Waals surface area contributed by atoms with Crippen molar-refractivity contribution in [3.05, 3.63) is 71.6 Å². The maximum Gasteiger partial charge on any atom is 0.322 e. The van der Waals surface area contributed by atoms with Crippen LogP contribution in [0.15, 0.2) is 55.0 Å². The molecule has 2 aromatic carbocycles. The van der Waals surface area contributed by atoms with Gasteiger partial charge in [-0.05, 0) is 36.4 Å². The number of amides is 2. The summed E-state index contributed by atoms with van der Waals surface area (Å²) in [7, 11) is 3.82. The summed E-state index contributed by atoms with van der Waals surface area (Å²) in [5.74, 6) is 0.279. The first-order chi connectivity index (χ1) is 18.8. The molecule has 2 amide bonds. The van der Waals surface area contributed by atoms with Crippen molar-refractivity contribution in [2.75, 3.05) is 42.7 Å².